The molecular weight excluding hydrogens is 370 g/mol. The zero-order chi connectivity index (χ0) is 19.5. The summed E-state index contributed by atoms with van der Waals surface area (Å²) >= 11 is 6.14. The summed E-state index contributed by atoms with van der Waals surface area (Å²) in [4.78, 5) is 0. The van der Waals surface area contributed by atoms with Crippen LogP contribution in [0.25, 0.3) is 21.8 Å². The lowest BCUT2D eigenvalue weighted by Gasteiger charge is -2.13. The van der Waals surface area contributed by atoms with E-state index in [1.165, 1.54) is 21.8 Å². The topological polar surface area (TPSA) is 23.4 Å². The normalized spacial score (nSPS) is 11.4. The van der Waals surface area contributed by atoms with Crippen molar-refractivity contribution in [1.29, 1.82) is 0 Å². The number of ether oxygens (including phenoxy) is 2. The van der Waals surface area contributed by atoms with Crippen LogP contribution in [0.4, 0.5) is 0 Å². The average Bonchev–Trinajstić information content (AvgIpc) is 3.04. The first-order valence-corrected chi connectivity index (χ1v) is 9.97. The van der Waals surface area contributed by atoms with Gasteiger partial charge in [-0.25, -0.2) is 0 Å². The molecule has 1 aromatic heterocycles. The van der Waals surface area contributed by atoms with Gasteiger partial charge in [0.15, 0.2) is 0 Å². The molecule has 0 fully saturated rings. The summed E-state index contributed by atoms with van der Waals surface area (Å²) in [6, 6.07) is 20.9. The van der Waals surface area contributed by atoms with Crippen LogP contribution in [-0.2, 0) is 11.3 Å². The Morgan fingerprint density at radius 2 is 1.39 bits per heavy atom. The minimum Gasteiger partial charge on any atom is -0.491 e. The highest BCUT2D eigenvalue weighted by Crippen LogP contribution is 2.29. The summed E-state index contributed by atoms with van der Waals surface area (Å²) in [7, 11) is 0. The summed E-state index contributed by atoms with van der Waals surface area (Å²) in [5, 5.41) is 3.34. The number of nitrogens with zero attached hydrogens (tertiary/aromatic N) is 1. The molecule has 4 rings (SSSR count). The van der Waals surface area contributed by atoms with Crippen LogP contribution in [0.2, 0.25) is 5.02 Å². The molecule has 0 aliphatic carbocycles. The van der Waals surface area contributed by atoms with Crippen molar-refractivity contribution in [3.8, 4) is 5.75 Å². The Hall–Kier alpha value is -2.49. The van der Waals surface area contributed by atoms with E-state index in [0.29, 0.717) is 19.8 Å². The minimum atomic E-state index is 0.523. The first-order valence-electron chi connectivity index (χ1n) is 9.59. The summed E-state index contributed by atoms with van der Waals surface area (Å²) in [6.45, 7) is 6.57. The fourth-order valence-electron chi connectivity index (χ4n) is 3.63. The molecule has 4 heteroatoms. The predicted octanol–water partition coefficient (Wildman–Crippen LogP) is 6.16. The van der Waals surface area contributed by atoms with Gasteiger partial charge in [-0.15, -0.1) is 0 Å². The zero-order valence-electron chi connectivity index (χ0n) is 16.2. The molecule has 1 heterocycles. The molecule has 0 unspecified atom stereocenters. The molecule has 0 saturated carbocycles. The van der Waals surface area contributed by atoms with Crippen molar-refractivity contribution in [1.82, 2.24) is 4.57 Å². The number of hydrogen-bond acceptors (Lipinski definition) is 2. The molecule has 0 spiro atoms. The molecule has 0 saturated heterocycles. The van der Waals surface area contributed by atoms with Gasteiger partial charge < -0.3 is 14.0 Å². The van der Waals surface area contributed by atoms with Crippen molar-refractivity contribution in [3.63, 3.8) is 0 Å². The van der Waals surface area contributed by atoms with Crippen molar-refractivity contribution in [2.75, 3.05) is 19.8 Å². The van der Waals surface area contributed by atoms with Gasteiger partial charge in [0.25, 0.3) is 0 Å². The summed E-state index contributed by atoms with van der Waals surface area (Å²) in [5.74, 6) is 0.868. The Labute approximate surface area is 170 Å². The van der Waals surface area contributed by atoms with E-state index in [1.54, 1.807) is 0 Å². The number of aromatic nitrogens is 1. The average molecular weight is 394 g/mol. The monoisotopic (exact) mass is 393 g/mol. The summed E-state index contributed by atoms with van der Waals surface area (Å²) in [6.07, 6.45) is 0. The molecule has 4 aromatic rings. The molecule has 0 radical (unpaired) electrons. The molecule has 0 N–H and O–H groups in total. The van der Waals surface area contributed by atoms with E-state index in [4.69, 9.17) is 21.1 Å². The van der Waals surface area contributed by atoms with Gasteiger partial charge in [0.1, 0.15) is 12.4 Å². The van der Waals surface area contributed by atoms with Gasteiger partial charge >= 0.3 is 0 Å². The van der Waals surface area contributed by atoms with Crippen LogP contribution in [0.5, 0.6) is 5.75 Å². The van der Waals surface area contributed by atoms with Gasteiger partial charge in [0.2, 0.25) is 0 Å². The quantitative estimate of drug-likeness (QED) is 0.351. The zero-order valence-corrected chi connectivity index (χ0v) is 17.0. The lowest BCUT2D eigenvalue weighted by Crippen LogP contribution is -2.11. The molecule has 0 aliphatic rings. The third-order valence-corrected chi connectivity index (χ3v) is 5.71. The van der Waals surface area contributed by atoms with Gasteiger partial charge in [-0.1, -0.05) is 48.0 Å². The third kappa shape index (κ3) is 3.60. The van der Waals surface area contributed by atoms with Gasteiger partial charge in [0.05, 0.1) is 13.2 Å². The fraction of sp³-hybridized carbons (Fsp3) is 0.250. The van der Waals surface area contributed by atoms with Crippen molar-refractivity contribution in [3.05, 3.63) is 76.8 Å². The molecule has 28 heavy (non-hydrogen) atoms. The van der Waals surface area contributed by atoms with E-state index >= 15 is 0 Å². The van der Waals surface area contributed by atoms with E-state index in [0.717, 1.165) is 28.4 Å². The lowest BCUT2D eigenvalue weighted by atomic mass is 10.1. The second-order valence-corrected chi connectivity index (χ2v) is 7.35. The minimum absolute atomic E-state index is 0.523. The van der Waals surface area contributed by atoms with Gasteiger partial charge in [0, 0.05) is 33.4 Å². The number of halogens is 1. The standard InChI is InChI=1S/C24H24ClNO2/c1-17-18(2)24(12-11-21(17)25)28-16-15-27-14-13-26-22-9-5-3-7-19(22)20-8-4-6-10-23(20)26/h3-12H,13-16H2,1-2H3. The maximum atomic E-state index is 6.14. The Bertz CT molecular complexity index is 1060. The van der Waals surface area contributed by atoms with E-state index < -0.39 is 0 Å². The Morgan fingerprint density at radius 1 is 0.750 bits per heavy atom. The second-order valence-electron chi connectivity index (χ2n) is 6.94. The molecule has 0 atom stereocenters. The Kier molecular flexibility index (Phi) is 5.56. The molecule has 0 amide bonds. The number of para-hydroxylation sites is 2. The highest BCUT2D eigenvalue weighted by Gasteiger charge is 2.09. The summed E-state index contributed by atoms with van der Waals surface area (Å²) in [5.41, 5.74) is 4.64. The van der Waals surface area contributed by atoms with Gasteiger partial charge in [-0.05, 0) is 49.2 Å². The van der Waals surface area contributed by atoms with Crippen LogP contribution in [0.3, 0.4) is 0 Å². The molecule has 3 nitrogen and oxygen atoms in total. The van der Waals surface area contributed by atoms with Crippen LogP contribution < -0.4 is 4.74 Å². The van der Waals surface area contributed by atoms with Crippen LogP contribution in [0.15, 0.2) is 60.7 Å². The molecule has 0 bridgehead atoms. The largest absolute Gasteiger partial charge is 0.491 e. The predicted molar refractivity (Wildman–Crippen MR) is 117 cm³/mol. The molecule has 144 valence electrons. The lowest BCUT2D eigenvalue weighted by molar-refractivity contribution is 0.0952. The van der Waals surface area contributed by atoms with Gasteiger partial charge in [-0.3, -0.25) is 0 Å². The maximum Gasteiger partial charge on any atom is 0.122 e. The van der Waals surface area contributed by atoms with Gasteiger partial charge in [-0.2, -0.15) is 0 Å². The first kappa shape index (κ1) is 18.9. The SMILES string of the molecule is Cc1c(Cl)ccc(OCCOCCn2c3ccccc3c3ccccc32)c1C. The van der Waals surface area contributed by atoms with Crippen molar-refractivity contribution >= 4 is 33.4 Å². The van der Waals surface area contributed by atoms with Crippen LogP contribution in [0.1, 0.15) is 11.1 Å². The number of benzene rings is 3. The van der Waals surface area contributed by atoms with Crippen molar-refractivity contribution in [2.24, 2.45) is 0 Å². The smallest absolute Gasteiger partial charge is 0.122 e. The first-order chi connectivity index (χ1) is 13.7. The molecule has 0 aliphatic heterocycles. The number of fused-ring (bicyclic) bond motifs is 3. The van der Waals surface area contributed by atoms with E-state index in [9.17, 15) is 0 Å². The van der Waals surface area contributed by atoms with E-state index in [1.807, 2.05) is 26.0 Å². The second kappa shape index (κ2) is 8.26. The molecule has 3 aromatic carbocycles. The van der Waals surface area contributed by atoms with Crippen molar-refractivity contribution in [2.45, 2.75) is 20.4 Å². The summed E-state index contributed by atoms with van der Waals surface area (Å²) < 4.78 is 14.0. The highest BCUT2D eigenvalue weighted by molar-refractivity contribution is 6.31. The van der Waals surface area contributed by atoms with Crippen LogP contribution in [-0.4, -0.2) is 24.4 Å². The number of hydrogen-bond donors (Lipinski definition) is 0. The molecular formula is C24H24ClNO2. The van der Waals surface area contributed by atoms with Crippen LogP contribution in [0, 0.1) is 13.8 Å². The Balaban J connectivity index is 1.35. The third-order valence-electron chi connectivity index (χ3n) is 5.30. The highest BCUT2D eigenvalue weighted by atomic mass is 35.5. The maximum absolute atomic E-state index is 6.14. The number of rotatable bonds is 7. The van der Waals surface area contributed by atoms with Crippen LogP contribution >= 0.6 is 11.6 Å². The van der Waals surface area contributed by atoms with E-state index in [-0.39, 0.29) is 0 Å². The fourth-order valence-corrected chi connectivity index (χ4v) is 3.84. The van der Waals surface area contributed by atoms with E-state index in [2.05, 4.69) is 53.1 Å². The Morgan fingerprint density at radius 3 is 2.07 bits per heavy atom. The van der Waals surface area contributed by atoms with Crippen molar-refractivity contribution < 1.29 is 9.47 Å².